The predicted molar refractivity (Wildman–Crippen MR) is 109 cm³/mol. The number of halogens is 1. The van der Waals surface area contributed by atoms with E-state index >= 15 is 0 Å². The lowest BCUT2D eigenvalue weighted by Gasteiger charge is -2.29. The van der Waals surface area contributed by atoms with Gasteiger partial charge in [0.25, 0.3) is 5.91 Å². The first-order valence-corrected chi connectivity index (χ1v) is 11.0. The van der Waals surface area contributed by atoms with Crippen LogP contribution in [-0.4, -0.2) is 39.5 Å². The van der Waals surface area contributed by atoms with Crippen molar-refractivity contribution in [2.24, 2.45) is 0 Å². The summed E-state index contributed by atoms with van der Waals surface area (Å²) in [7, 11) is -3.93. The third kappa shape index (κ3) is 5.14. The van der Waals surface area contributed by atoms with Gasteiger partial charge in [-0.3, -0.25) is 9.59 Å². The maximum Gasteiger partial charge on any atom is 0.324 e. The van der Waals surface area contributed by atoms with Gasteiger partial charge in [-0.25, -0.2) is 8.42 Å². The third-order valence-electron chi connectivity index (χ3n) is 4.56. The molecule has 2 aromatic rings. The Bertz CT molecular complexity index is 1010. The molecule has 1 unspecified atom stereocenters. The fourth-order valence-electron chi connectivity index (χ4n) is 3.09. The first-order chi connectivity index (χ1) is 13.8. The van der Waals surface area contributed by atoms with E-state index in [1.807, 2.05) is 24.3 Å². The van der Waals surface area contributed by atoms with Crippen LogP contribution in [0.5, 0.6) is 0 Å². The van der Waals surface area contributed by atoms with E-state index in [2.05, 4.69) is 4.72 Å². The summed E-state index contributed by atoms with van der Waals surface area (Å²) < 4.78 is 32.0. The summed E-state index contributed by atoms with van der Waals surface area (Å²) in [5.74, 6) is -1.18. The molecule has 3 rings (SSSR count). The minimum absolute atomic E-state index is 0.0254. The highest BCUT2D eigenvalue weighted by molar-refractivity contribution is 7.89. The van der Waals surface area contributed by atoms with Gasteiger partial charge in [0, 0.05) is 17.3 Å². The minimum atomic E-state index is -3.93. The molecule has 0 aromatic heterocycles. The molecular formula is C20H21ClN2O5S. The van der Waals surface area contributed by atoms with Gasteiger partial charge < -0.3 is 9.64 Å². The van der Waals surface area contributed by atoms with E-state index in [0.29, 0.717) is 11.6 Å². The van der Waals surface area contributed by atoms with Gasteiger partial charge in [-0.2, -0.15) is 4.72 Å². The number of sulfonamides is 1. The number of benzene rings is 2. The molecule has 154 valence electrons. The van der Waals surface area contributed by atoms with Gasteiger partial charge in [-0.15, -0.1) is 0 Å². The largest absolute Gasteiger partial charge is 0.454 e. The average molecular weight is 437 g/mol. The van der Waals surface area contributed by atoms with E-state index in [-0.39, 0.29) is 10.8 Å². The quantitative estimate of drug-likeness (QED) is 0.702. The lowest BCUT2D eigenvalue weighted by molar-refractivity contribution is -0.149. The van der Waals surface area contributed by atoms with Crippen LogP contribution in [0, 0.1) is 0 Å². The van der Waals surface area contributed by atoms with Crippen LogP contribution in [0.25, 0.3) is 0 Å². The van der Waals surface area contributed by atoms with Crippen LogP contribution in [0.1, 0.15) is 18.9 Å². The number of para-hydroxylation sites is 1. The maximum absolute atomic E-state index is 12.5. The van der Waals surface area contributed by atoms with Gasteiger partial charge in [-0.05, 0) is 55.7 Å². The second-order valence-corrected chi connectivity index (χ2v) is 8.83. The van der Waals surface area contributed by atoms with E-state index in [1.165, 1.54) is 31.2 Å². The molecule has 9 heteroatoms. The number of anilines is 1. The minimum Gasteiger partial charge on any atom is -0.454 e. The summed E-state index contributed by atoms with van der Waals surface area (Å²) in [6.45, 7) is 1.45. The molecule has 29 heavy (non-hydrogen) atoms. The number of ether oxygens (including phenoxy) is 1. The zero-order valence-corrected chi connectivity index (χ0v) is 17.4. The fraction of sp³-hybridized carbons (Fsp3) is 0.300. The molecule has 7 nitrogen and oxygen atoms in total. The molecule has 0 aliphatic carbocycles. The van der Waals surface area contributed by atoms with Crippen LogP contribution < -0.4 is 9.62 Å². The van der Waals surface area contributed by atoms with Crippen LogP contribution in [0.2, 0.25) is 5.02 Å². The van der Waals surface area contributed by atoms with Crippen LogP contribution in [0.15, 0.2) is 53.4 Å². The van der Waals surface area contributed by atoms with Crippen LogP contribution >= 0.6 is 11.6 Å². The van der Waals surface area contributed by atoms with Gasteiger partial charge in [-0.1, -0.05) is 29.8 Å². The Morgan fingerprint density at radius 1 is 1.17 bits per heavy atom. The SMILES string of the molecule is CC(NS(=O)(=O)c1ccc(Cl)cc1)C(=O)OCC(=O)N1CCCc2ccccc21. The van der Waals surface area contributed by atoms with E-state index in [1.54, 1.807) is 4.90 Å². The smallest absolute Gasteiger partial charge is 0.324 e. The lowest BCUT2D eigenvalue weighted by atomic mass is 10.0. The Kier molecular flexibility index (Phi) is 6.56. The first kappa shape index (κ1) is 21.3. The molecule has 0 radical (unpaired) electrons. The fourth-order valence-corrected chi connectivity index (χ4v) is 4.41. The van der Waals surface area contributed by atoms with Crippen molar-refractivity contribution in [1.82, 2.24) is 4.72 Å². The van der Waals surface area contributed by atoms with E-state index in [9.17, 15) is 18.0 Å². The molecule has 1 atom stereocenters. The first-order valence-electron chi connectivity index (χ1n) is 9.11. The highest BCUT2D eigenvalue weighted by Gasteiger charge is 2.26. The van der Waals surface area contributed by atoms with Crippen molar-refractivity contribution < 1.29 is 22.7 Å². The third-order valence-corrected chi connectivity index (χ3v) is 6.37. The second kappa shape index (κ2) is 8.94. The monoisotopic (exact) mass is 436 g/mol. The summed E-state index contributed by atoms with van der Waals surface area (Å²) in [5.41, 5.74) is 1.89. The predicted octanol–water partition coefficient (Wildman–Crippen LogP) is 2.53. The van der Waals surface area contributed by atoms with E-state index < -0.39 is 28.6 Å². The van der Waals surface area contributed by atoms with Crippen molar-refractivity contribution in [2.75, 3.05) is 18.1 Å². The number of carbonyl (C=O) groups is 2. The number of esters is 1. The van der Waals surface area contributed by atoms with Crippen molar-refractivity contribution >= 4 is 39.2 Å². The van der Waals surface area contributed by atoms with Gasteiger partial charge in [0.15, 0.2) is 6.61 Å². The molecule has 1 N–H and O–H groups in total. The number of hydrogen-bond donors (Lipinski definition) is 1. The van der Waals surface area contributed by atoms with Crippen molar-refractivity contribution in [3.8, 4) is 0 Å². The maximum atomic E-state index is 12.5. The van der Waals surface area contributed by atoms with E-state index in [0.717, 1.165) is 24.1 Å². The highest BCUT2D eigenvalue weighted by atomic mass is 35.5. The number of rotatable bonds is 6. The zero-order chi connectivity index (χ0) is 21.0. The molecule has 1 amide bonds. The Balaban J connectivity index is 1.58. The number of aryl methyl sites for hydroxylation is 1. The average Bonchev–Trinajstić information content (AvgIpc) is 2.71. The summed E-state index contributed by atoms with van der Waals surface area (Å²) in [5, 5.41) is 0.397. The second-order valence-electron chi connectivity index (χ2n) is 6.68. The molecule has 0 spiro atoms. The Morgan fingerprint density at radius 3 is 2.59 bits per heavy atom. The van der Waals surface area contributed by atoms with Crippen LogP contribution in [-0.2, 0) is 30.8 Å². The Hall–Kier alpha value is -2.42. The molecule has 1 heterocycles. The number of hydrogen-bond acceptors (Lipinski definition) is 5. The summed E-state index contributed by atoms with van der Waals surface area (Å²) >= 11 is 5.76. The van der Waals surface area contributed by atoms with Crippen molar-refractivity contribution in [3.05, 3.63) is 59.1 Å². The van der Waals surface area contributed by atoms with Crippen molar-refractivity contribution in [1.29, 1.82) is 0 Å². The highest BCUT2D eigenvalue weighted by Crippen LogP contribution is 2.26. The van der Waals surface area contributed by atoms with Gasteiger partial charge in [0.1, 0.15) is 6.04 Å². The molecule has 1 aliphatic rings. The van der Waals surface area contributed by atoms with Crippen LogP contribution in [0.3, 0.4) is 0 Å². The van der Waals surface area contributed by atoms with Crippen LogP contribution in [0.4, 0.5) is 5.69 Å². The van der Waals surface area contributed by atoms with Gasteiger partial charge >= 0.3 is 5.97 Å². The summed E-state index contributed by atoms with van der Waals surface area (Å²) in [6.07, 6.45) is 1.72. The van der Waals surface area contributed by atoms with Crippen molar-refractivity contribution in [3.63, 3.8) is 0 Å². The molecular weight excluding hydrogens is 416 g/mol. The summed E-state index contributed by atoms with van der Waals surface area (Å²) in [6, 6.07) is 12.0. The molecule has 0 saturated carbocycles. The zero-order valence-electron chi connectivity index (χ0n) is 15.8. The number of nitrogens with one attached hydrogen (secondary N) is 1. The summed E-state index contributed by atoms with van der Waals surface area (Å²) in [4.78, 5) is 26.3. The molecule has 1 aliphatic heterocycles. The van der Waals surface area contributed by atoms with Gasteiger partial charge in [0.05, 0.1) is 4.90 Å². The van der Waals surface area contributed by atoms with E-state index in [4.69, 9.17) is 16.3 Å². The number of nitrogens with zero attached hydrogens (tertiary/aromatic N) is 1. The number of carbonyl (C=O) groups excluding carboxylic acids is 2. The topological polar surface area (TPSA) is 92.8 Å². The standard InChI is InChI=1S/C20H21ClN2O5S/c1-14(22-29(26,27)17-10-8-16(21)9-11-17)20(25)28-13-19(24)23-12-4-6-15-5-2-3-7-18(15)23/h2-3,5,7-11,14,22H,4,6,12-13H2,1H3. The molecule has 2 aromatic carbocycles. The molecule has 0 saturated heterocycles. The Morgan fingerprint density at radius 2 is 1.86 bits per heavy atom. The molecule has 0 bridgehead atoms. The molecule has 0 fully saturated rings. The number of fused-ring (bicyclic) bond motifs is 1. The Labute approximate surface area is 174 Å². The number of amides is 1. The normalized spacial score (nSPS) is 14.8. The van der Waals surface area contributed by atoms with Crippen molar-refractivity contribution in [2.45, 2.75) is 30.7 Å². The van der Waals surface area contributed by atoms with Gasteiger partial charge in [0.2, 0.25) is 10.0 Å². The lowest BCUT2D eigenvalue weighted by Crippen LogP contribution is -2.42.